The lowest BCUT2D eigenvalue weighted by molar-refractivity contribution is 0.0955. The molecule has 1 amide bonds. The molecular formula is C24H20Cl2N2O2. The van der Waals surface area contributed by atoms with Crippen LogP contribution in [0.4, 0.5) is 0 Å². The molecule has 0 fully saturated rings. The number of hydrazone groups is 1. The van der Waals surface area contributed by atoms with Crippen LogP contribution in [-0.4, -0.2) is 12.1 Å². The Bertz CT molecular complexity index is 1060. The molecule has 0 aliphatic rings. The average molecular weight is 439 g/mol. The summed E-state index contributed by atoms with van der Waals surface area (Å²) in [5.74, 6) is 0.328. The third-order valence-electron chi connectivity index (χ3n) is 4.15. The summed E-state index contributed by atoms with van der Waals surface area (Å²) in [4.78, 5) is 12.2. The molecule has 0 heterocycles. The maximum atomic E-state index is 12.2. The van der Waals surface area contributed by atoms with E-state index in [9.17, 15) is 4.79 Å². The van der Waals surface area contributed by atoms with E-state index >= 15 is 0 Å². The van der Waals surface area contributed by atoms with Gasteiger partial charge in [-0.05, 0) is 54.5 Å². The zero-order valence-electron chi connectivity index (χ0n) is 16.3. The van der Waals surface area contributed by atoms with Crippen LogP contribution in [0.1, 0.15) is 28.4 Å². The van der Waals surface area contributed by atoms with E-state index in [1.165, 1.54) is 0 Å². The van der Waals surface area contributed by atoms with Crippen molar-refractivity contribution in [2.24, 2.45) is 5.10 Å². The van der Waals surface area contributed by atoms with Gasteiger partial charge in [0.1, 0.15) is 12.4 Å². The molecule has 0 aromatic heterocycles. The minimum atomic E-state index is -0.300. The number of hydrogen-bond donors (Lipinski definition) is 1. The molecule has 3 aromatic rings. The molecule has 0 unspecified atom stereocenters. The monoisotopic (exact) mass is 438 g/mol. The number of allylic oxidation sites excluding steroid dienone is 1. The highest BCUT2D eigenvalue weighted by atomic mass is 35.5. The van der Waals surface area contributed by atoms with E-state index in [-0.39, 0.29) is 5.91 Å². The molecular weight excluding hydrogens is 419 g/mol. The van der Waals surface area contributed by atoms with Gasteiger partial charge in [-0.2, -0.15) is 5.10 Å². The van der Waals surface area contributed by atoms with E-state index in [1.807, 2.05) is 49.4 Å². The fraction of sp³-hybridized carbons (Fsp3) is 0.0833. The van der Waals surface area contributed by atoms with E-state index in [4.69, 9.17) is 27.9 Å². The van der Waals surface area contributed by atoms with E-state index in [0.29, 0.717) is 28.0 Å². The summed E-state index contributed by atoms with van der Waals surface area (Å²) in [6.07, 6.45) is 3.59. The van der Waals surface area contributed by atoms with Crippen molar-refractivity contribution in [3.63, 3.8) is 0 Å². The van der Waals surface area contributed by atoms with Gasteiger partial charge in [-0.15, -0.1) is 0 Å². The number of halogens is 2. The van der Waals surface area contributed by atoms with Crippen molar-refractivity contribution in [1.29, 1.82) is 0 Å². The normalized spacial score (nSPS) is 11.5. The summed E-state index contributed by atoms with van der Waals surface area (Å²) < 4.78 is 5.72. The Kier molecular flexibility index (Phi) is 7.66. The molecule has 0 spiro atoms. The predicted molar refractivity (Wildman–Crippen MR) is 123 cm³/mol. The van der Waals surface area contributed by atoms with E-state index in [0.717, 1.165) is 16.7 Å². The number of carbonyl (C=O) groups is 1. The summed E-state index contributed by atoms with van der Waals surface area (Å²) in [7, 11) is 0. The van der Waals surface area contributed by atoms with Gasteiger partial charge in [0.05, 0.1) is 6.21 Å². The first kappa shape index (κ1) is 21.6. The van der Waals surface area contributed by atoms with E-state index in [1.54, 1.807) is 42.6 Å². The fourth-order valence-corrected chi connectivity index (χ4v) is 3.07. The molecule has 3 aromatic carbocycles. The van der Waals surface area contributed by atoms with Crippen LogP contribution in [0.3, 0.4) is 0 Å². The van der Waals surface area contributed by atoms with Gasteiger partial charge >= 0.3 is 0 Å². The van der Waals surface area contributed by atoms with Crippen LogP contribution >= 0.6 is 23.2 Å². The second-order valence-electron chi connectivity index (χ2n) is 6.55. The number of ether oxygens (including phenoxy) is 1. The smallest absolute Gasteiger partial charge is 0.271 e. The summed E-state index contributed by atoms with van der Waals surface area (Å²) in [5, 5.41) is 5.13. The zero-order valence-corrected chi connectivity index (χ0v) is 17.8. The van der Waals surface area contributed by atoms with Gasteiger partial charge in [-0.3, -0.25) is 4.79 Å². The standard InChI is InChI=1S/C24H20Cl2N2O2/c1-17(13-18-5-3-2-4-6-18)15-27-28-24(29)19-8-11-22(12-9-19)30-16-20-7-10-21(25)14-23(20)26/h2-15H,16H2,1H3,(H,28,29)/b17-13-,27-15-. The highest BCUT2D eigenvalue weighted by Gasteiger charge is 2.06. The Morgan fingerprint density at radius 1 is 1.03 bits per heavy atom. The first-order valence-corrected chi connectivity index (χ1v) is 10.0. The molecule has 0 bridgehead atoms. The second-order valence-corrected chi connectivity index (χ2v) is 7.39. The highest BCUT2D eigenvalue weighted by Crippen LogP contribution is 2.23. The minimum absolute atomic E-state index is 0.300. The number of nitrogens with one attached hydrogen (secondary N) is 1. The molecule has 0 saturated carbocycles. The van der Waals surface area contributed by atoms with Crippen molar-refractivity contribution in [2.75, 3.05) is 0 Å². The highest BCUT2D eigenvalue weighted by molar-refractivity contribution is 6.35. The van der Waals surface area contributed by atoms with Crippen molar-refractivity contribution in [3.8, 4) is 5.75 Å². The van der Waals surface area contributed by atoms with Crippen molar-refractivity contribution in [3.05, 3.63) is 105 Å². The molecule has 0 atom stereocenters. The zero-order chi connectivity index (χ0) is 21.3. The number of carbonyl (C=O) groups excluding carboxylic acids is 1. The van der Waals surface area contributed by atoms with Crippen LogP contribution < -0.4 is 10.2 Å². The summed E-state index contributed by atoms with van der Waals surface area (Å²) >= 11 is 12.0. The number of amides is 1. The number of nitrogens with zero attached hydrogens (tertiary/aromatic N) is 1. The van der Waals surface area contributed by atoms with Crippen LogP contribution in [0.2, 0.25) is 10.0 Å². The minimum Gasteiger partial charge on any atom is -0.489 e. The third-order valence-corrected chi connectivity index (χ3v) is 4.74. The van der Waals surface area contributed by atoms with Gasteiger partial charge in [0.15, 0.2) is 0 Å². The summed E-state index contributed by atoms with van der Waals surface area (Å²) in [6.45, 7) is 2.22. The number of benzene rings is 3. The Hall–Kier alpha value is -3.08. The average Bonchev–Trinajstić information content (AvgIpc) is 2.74. The van der Waals surface area contributed by atoms with Crippen LogP contribution in [-0.2, 0) is 6.61 Å². The van der Waals surface area contributed by atoms with Gasteiger partial charge in [-0.25, -0.2) is 5.43 Å². The number of hydrogen-bond acceptors (Lipinski definition) is 3. The Labute approximate surface area is 185 Å². The maximum absolute atomic E-state index is 12.2. The molecule has 0 radical (unpaired) electrons. The van der Waals surface area contributed by atoms with Gasteiger partial charge in [0.25, 0.3) is 5.91 Å². The SMILES string of the molecule is CC(/C=N\NC(=O)c1ccc(OCc2ccc(Cl)cc2Cl)cc1)=C/c1ccccc1. The van der Waals surface area contributed by atoms with Crippen LogP contribution in [0.15, 0.2) is 83.5 Å². The molecule has 0 saturated heterocycles. The predicted octanol–water partition coefficient (Wildman–Crippen LogP) is 6.39. The van der Waals surface area contributed by atoms with Gasteiger partial charge in [0, 0.05) is 21.2 Å². The lowest BCUT2D eigenvalue weighted by Gasteiger charge is -2.08. The Morgan fingerprint density at radius 2 is 1.77 bits per heavy atom. The molecule has 1 N–H and O–H groups in total. The van der Waals surface area contributed by atoms with Crippen LogP contribution in [0.5, 0.6) is 5.75 Å². The molecule has 4 nitrogen and oxygen atoms in total. The maximum Gasteiger partial charge on any atom is 0.271 e. The molecule has 30 heavy (non-hydrogen) atoms. The van der Waals surface area contributed by atoms with Gasteiger partial charge < -0.3 is 4.74 Å². The molecule has 0 aliphatic heterocycles. The molecule has 3 rings (SSSR count). The number of rotatable bonds is 7. The molecule has 0 aliphatic carbocycles. The van der Waals surface area contributed by atoms with Crippen LogP contribution in [0.25, 0.3) is 6.08 Å². The summed E-state index contributed by atoms with van der Waals surface area (Å²) in [5.41, 5.74) is 5.83. The topological polar surface area (TPSA) is 50.7 Å². The van der Waals surface area contributed by atoms with Crippen LogP contribution in [0, 0.1) is 0 Å². The summed E-state index contributed by atoms with van der Waals surface area (Å²) in [6, 6.07) is 22.0. The quantitative estimate of drug-likeness (QED) is 0.343. The lowest BCUT2D eigenvalue weighted by Crippen LogP contribution is -2.17. The van der Waals surface area contributed by atoms with Gasteiger partial charge in [-0.1, -0.05) is 65.7 Å². The van der Waals surface area contributed by atoms with E-state index in [2.05, 4.69) is 10.5 Å². The Morgan fingerprint density at radius 3 is 2.47 bits per heavy atom. The van der Waals surface area contributed by atoms with Crippen molar-refractivity contribution in [1.82, 2.24) is 5.43 Å². The molecule has 6 heteroatoms. The second kappa shape index (κ2) is 10.6. The van der Waals surface area contributed by atoms with E-state index < -0.39 is 0 Å². The largest absolute Gasteiger partial charge is 0.489 e. The Balaban J connectivity index is 1.52. The third kappa shape index (κ3) is 6.48. The van der Waals surface area contributed by atoms with Crippen molar-refractivity contribution < 1.29 is 9.53 Å². The fourth-order valence-electron chi connectivity index (χ4n) is 2.61. The lowest BCUT2D eigenvalue weighted by atomic mass is 10.1. The van der Waals surface area contributed by atoms with Crippen molar-refractivity contribution in [2.45, 2.75) is 13.5 Å². The first-order valence-electron chi connectivity index (χ1n) is 9.25. The van der Waals surface area contributed by atoms with Crippen molar-refractivity contribution >= 4 is 41.4 Å². The first-order chi connectivity index (χ1) is 14.5. The van der Waals surface area contributed by atoms with Gasteiger partial charge in [0.2, 0.25) is 0 Å². The molecule has 152 valence electrons.